The number of aromatic nitrogens is 2. The van der Waals surface area contributed by atoms with Crippen LogP contribution in [0.5, 0.6) is 0 Å². The molecule has 0 radical (unpaired) electrons. The fraction of sp³-hybridized carbons (Fsp3) is 0.444. The normalized spacial score (nSPS) is 9.69. The molecule has 70 valence electrons. The number of ketones is 1. The van der Waals surface area contributed by atoms with E-state index in [1.807, 2.05) is 13.0 Å². The van der Waals surface area contributed by atoms with Gasteiger partial charge in [0.25, 0.3) is 0 Å². The van der Waals surface area contributed by atoms with Crippen LogP contribution in [0.2, 0.25) is 0 Å². The standard InChI is InChI=1S/C9H13N3O/c1-7-3-5-10-9(12-7)11-6-4-8(2)13/h3,5H,4,6H2,1-2H3,(H,10,11,12). The third kappa shape index (κ3) is 3.64. The molecule has 0 saturated carbocycles. The molecule has 0 spiro atoms. The number of nitrogens with one attached hydrogen (secondary N) is 1. The summed E-state index contributed by atoms with van der Waals surface area (Å²) in [5.74, 6) is 0.751. The lowest BCUT2D eigenvalue weighted by Crippen LogP contribution is -2.08. The van der Waals surface area contributed by atoms with Gasteiger partial charge in [0.15, 0.2) is 0 Å². The maximum absolute atomic E-state index is 10.6. The van der Waals surface area contributed by atoms with Crippen molar-refractivity contribution in [2.75, 3.05) is 11.9 Å². The highest BCUT2D eigenvalue weighted by Crippen LogP contribution is 1.98. The molecule has 0 aromatic carbocycles. The highest BCUT2D eigenvalue weighted by atomic mass is 16.1. The van der Waals surface area contributed by atoms with Crippen molar-refractivity contribution in [3.8, 4) is 0 Å². The Morgan fingerprint density at radius 3 is 3.00 bits per heavy atom. The van der Waals surface area contributed by atoms with Gasteiger partial charge >= 0.3 is 0 Å². The second-order valence-corrected chi connectivity index (χ2v) is 2.90. The van der Waals surface area contributed by atoms with Crippen LogP contribution in [0.3, 0.4) is 0 Å². The smallest absolute Gasteiger partial charge is 0.222 e. The van der Waals surface area contributed by atoms with Crippen LogP contribution in [0, 0.1) is 6.92 Å². The van der Waals surface area contributed by atoms with E-state index >= 15 is 0 Å². The summed E-state index contributed by atoms with van der Waals surface area (Å²) in [6, 6.07) is 1.83. The lowest BCUT2D eigenvalue weighted by Gasteiger charge is -2.02. The molecule has 0 aliphatic rings. The van der Waals surface area contributed by atoms with E-state index < -0.39 is 0 Å². The zero-order chi connectivity index (χ0) is 9.68. The van der Waals surface area contributed by atoms with Gasteiger partial charge < -0.3 is 5.32 Å². The SMILES string of the molecule is CC(=O)CCNc1nccc(C)n1. The highest BCUT2D eigenvalue weighted by molar-refractivity contribution is 5.75. The molecule has 1 heterocycles. The van der Waals surface area contributed by atoms with Crippen molar-refractivity contribution in [2.45, 2.75) is 20.3 Å². The first-order valence-electron chi connectivity index (χ1n) is 4.21. The molecule has 0 unspecified atom stereocenters. The lowest BCUT2D eigenvalue weighted by atomic mass is 10.3. The summed E-state index contributed by atoms with van der Waals surface area (Å²) in [6.45, 7) is 4.06. The van der Waals surface area contributed by atoms with Crippen molar-refractivity contribution in [3.63, 3.8) is 0 Å². The molecule has 13 heavy (non-hydrogen) atoms. The Morgan fingerprint density at radius 1 is 1.62 bits per heavy atom. The van der Waals surface area contributed by atoms with Crippen molar-refractivity contribution in [3.05, 3.63) is 18.0 Å². The van der Waals surface area contributed by atoms with Crippen molar-refractivity contribution in [1.82, 2.24) is 9.97 Å². The zero-order valence-corrected chi connectivity index (χ0v) is 7.87. The summed E-state index contributed by atoms with van der Waals surface area (Å²) < 4.78 is 0. The number of carbonyl (C=O) groups excluding carboxylic acids is 1. The average Bonchev–Trinajstić information content (AvgIpc) is 2.03. The van der Waals surface area contributed by atoms with Gasteiger partial charge in [0.05, 0.1) is 0 Å². The Kier molecular flexibility index (Phi) is 3.37. The summed E-state index contributed by atoms with van der Waals surface area (Å²) in [5.41, 5.74) is 0.917. The average molecular weight is 179 g/mol. The van der Waals surface area contributed by atoms with Gasteiger partial charge in [-0.15, -0.1) is 0 Å². The summed E-state index contributed by atoms with van der Waals surface area (Å²) in [7, 11) is 0. The molecular formula is C9H13N3O. The summed E-state index contributed by atoms with van der Waals surface area (Å²) >= 11 is 0. The first-order valence-corrected chi connectivity index (χ1v) is 4.21. The molecule has 1 aromatic rings. The molecule has 0 fully saturated rings. The predicted molar refractivity (Wildman–Crippen MR) is 50.6 cm³/mol. The monoisotopic (exact) mass is 179 g/mol. The van der Waals surface area contributed by atoms with Crippen LogP contribution in [-0.4, -0.2) is 22.3 Å². The fourth-order valence-electron chi connectivity index (χ4n) is 0.884. The Morgan fingerprint density at radius 2 is 2.38 bits per heavy atom. The number of Topliss-reactive ketones (excluding diaryl/α,β-unsaturated/α-hetero) is 1. The van der Waals surface area contributed by atoms with E-state index in [4.69, 9.17) is 0 Å². The number of hydrogen-bond donors (Lipinski definition) is 1. The van der Waals surface area contributed by atoms with E-state index in [2.05, 4.69) is 15.3 Å². The fourth-order valence-corrected chi connectivity index (χ4v) is 0.884. The number of rotatable bonds is 4. The van der Waals surface area contributed by atoms with Crippen molar-refractivity contribution in [1.29, 1.82) is 0 Å². The van der Waals surface area contributed by atoms with Crippen molar-refractivity contribution >= 4 is 11.7 Å². The second-order valence-electron chi connectivity index (χ2n) is 2.90. The molecule has 0 saturated heterocycles. The molecule has 0 aliphatic carbocycles. The molecule has 0 atom stereocenters. The van der Waals surface area contributed by atoms with Gasteiger partial charge in [-0.1, -0.05) is 0 Å². The molecule has 4 heteroatoms. The van der Waals surface area contributed by atoms with Crippen molar-refractivity contribution in [2.24, 2.45) is 0 Å². The van der Waals surface area contributed by atoms with Crippen LogP contribution in [0.1, 0.15) is 19.0 Å². The van der Waals surface area contributed by atoms with Crippen LogP contribution < -0.4 is 5.32 Å². The third-order valence-corrected chi connectivity index (χ3v) is 1.55. The van der Waals surface area contributed by atoms with E-state index in [1.165, 1.54) is 0 Å². The lowest BCUT2D eigenvalue weighted by molar-refractivity contribution is -0.116. The summed E-state index contributed by atoms with van der Waals surface area (Å²) in [4.78, 5) is 18.8. The van der Waals surface area contributed by atoms with Gasteiger partial charge in [-0.25, -0.2) is 9.97 Å². The predicted octanol–water partition coefficient (Wildman–Crippen LogP) is 1.18. The number of hydrogen-bond acceptors (Lipinski definition) is 4. The second kappa shape index (κ2) is 4.54. The van der Waals surface area contributed by atoms with Gasteiger partial charge in [-0.2, -0.15) is 0 Å². The molecular weight excluding hydrogens is 166 g/mol. The number of carbonyl (C=O) groups is 1. The van der Waals surface area contributed by atoms with Crippen molar-refractivity contribution < 1.29 is 4.79 Å². The first-order chi connectivity index (χ1) is 6.18. The van der Waals surface area contributed by atoms with E-state index in [0.29, 0.717) is 18.9 Å². The van der Waals surface area contributed by atoms with E-state index in [0.717, 1.165) is 5.69 Å². The molecule has 0 amide bonds. The molecule has 4 nitrogen and oxygen atoms in total. The number of nitrogens with zero attached hydrogens (tertiary/aromatic N) is 2. The maximum Gasteiger partial charge on any atom is 0.222 e. The molecule has 0 bridgehead atoms. The Balaban J connectivity index is 2.41. The van der Waals surface area contributed by atoms with E-state index in [9.17, 15) is 4.79 Å². The number of anilines is 1. The molecule has 1 rings (SSSR count). The van der Waals surface area contributed by atoms with E-state index in [1.54, 1.807) is 13.1 Å². The van der Waals surface area contributed by atoms with Crippen LogP contribution in [-0.2, 0) is 4.79 Å². The van der Waals surface area contributed by atoms with Crippen LogP contribution in [0.4, 0.5) is 5.95 Å². The van der Waals surface area contributed by atoms with Gasteiger partial charge in [0.1, 0.15) is 5.78 Å². The third-order valence-electron chi connectivity index (χ3n) is 1.55. The summed E-state index contributed by atoms with van der Waals surface area (Å²) in [5, 5.41) is 2.97. The minimum absolute atomic E-state index is 0.167. The molecule has 0 aliphatic heterocycles. The minimum Gasteiger partial charge on any atom is -0.354 e. The largest absolute Gasteiger partial charge is 0.354 e. The Labute approximate surface area is 77.4 Å². The molecule has 1 aromatic heterocycles. The Hall–Kier alpha value is -1.45. The summed E-state index contributed by atoms with van der Waals surface area (Å²) in [6.07, 6.45) is 2.20. The quantitative estimate of drug-likeness (QED) is 0.754. The van der Waals surface area contributed by atoms with Crippen LogP contribution in [0.25, 0.3) is 0 Å². The highest BCUT2D eigenvalue weighted by Gasteiger charge is 1.96. The van der Waals surface area contributed by atoms with Gasteiger partial charge in [-0.3, -0.25) is 4.79 Å². The van der Waals surface area contributed by atoms with E-state index in [-0.39, 0.29) is 5.78 Å². The Bertz CT molecular complexity index is 299. The van der Waals surface area contributed by atoms with Gasteiger partial charge in [0, 0.05) is 24.9 Å². The van der Waals surface area contributed by atoms with Gasteiger partial charge in [0.2, 0.25) is 5.95 Å². The van der Waals surface area contributed by atoms with Crippen LogP contribution >= 0.6 is 0 Å². The van der Waals surface area contributed by atoms with Gasteiger partial charge in [-0.05, 0) is 19.9 Å². The molecule has 1 N–H and O–H groups in total. The number of aryl methyl sites for hydroxylation is 1. The zero-order valence-electron chi connectivity index (χ0n) is 7.87. The topological polar surface area (TPSA) is 54.9 Å². The first kappa shape index (κ1) is 9.64. The minimum atomic E-state index is 0.167. The van der Waals surface area contributed by atoms with Crippen LogP contribution in [0.15, 0.2) is 12.3 Å². The maximum atomic E-state index is 10.6.